The third kappa shape index (κ3) is 7.95. The van der Waals surface area contributed by atoms with Gasteiger partial charge in [-0.05, 0) is 25.1 Å². The highest BCUT2D eigenvalue weighted by Gasteiger charge is 2.36. The number of pyridine rings is 1. The van der Waals surface area contributed by atoms with Crippen molar-refractivity contribution in [1.82, 2.24) is 0 Å². The van der Waals surface area contributed by atoms with Crippen LogP contribution in [0.4, 0.5) is 13.2 Å². The summed E-state index contributed by atoms with van der Waals surface area (Å²) in [6, 6.07) is 14.2. The molecule has 0 atom stereocenters. The smallest absolute Gasteiger partial charge is 0.485 e. The van der Waals surface area contributed by atoms with E-state index in [0.717, 1.165) is 17.8 Å². The zero-order valence-corrected chi connectivity index (χ0v) is 15.1. The van der Waals surface area contributed by atoms with E-state index in [-0.39, 0.29) is 0 Å². The molecule has 0 aliphatic rings. The summed E-state index contributed by atoms with van der Waals surface area (Å²) in [5.74, 6) is 9.04. The van der Waals surface area contributed by atoms with Crippen LogP contribution in [0, 0.1) is 31.1 Å². The minimum atomic E-state index is -6.09. The highest BCUT2D eigenvalue weighted by atomic mass is 32.2. The normalized spacial score (nSPS) is 10.7. The van der Waals surface area contributed by atoms with Crippen LogP contribution in [0.2, 0.25) is 0 Å². The summed E-state index contributed by atoms with van der Waals surface area (Å²) in [5.41, 5.74) is -2.39. The Balaban J connectivity index is 0.000000387. The van der Waals surface area contributed by atoms with Gasteiger partial charge in [-0.1, -0.05) is 23.6 Å². The summed E-state index contributed by atoms with van der Waals surface area (Å²) in [4.78, 5) is 0. The average Bonchev–Trinajstić information content (AvgIpc) is 2.59. The van der Waals surface area contributed by atoms with Crippen LogP contribution in [0.15, 0.2) is 48.7 Å². The summed E-state index contributed by atoms with van der Waals surface area (Å²) in [7, 11) is -6.09. The van der Waals surface area contributed by atoms with Crippen molar-refractivity contribution in [3.63, 3.8) is 0 Å². The van der Waals surface area contributed by atoms with Gasteiger partial charge in [-0.15, -0.1) is 12.3 Å². The van der Waals surface area contributed by atoms with E-state index in [4.69, 9.17) is 19.4 Å². The van der Waals surface area contributed by atoms with Crippen molar-refractivity contribution in [3.8, 4) is 24.2 Å². The van der Waals surface area contributed by atoms with E-state index in [1.807, 2.05) is 36.5 Å². The highest BCUT2D eigenvalue weighted by molar-refractivity contribution is 7.86. The molecule has 0 unspecified atom stereocenters. The van der Waals surface area contributed by atoms with Crippen LogP contribution in [-0.2, 0) is 16.7 Å². The van der Waals surface area contributed by atoms with Crippen LogP contribution in [-0.4, -0.2) is 18.5 Å². The lowest BCUT2D eigenvalue weighted by atomic mass is 10.1. The molecule has 0 fully saturated rings. The van der Waals surface area contributed by atoms with E-state index in [9.17, 15) is 13.2 Å². The van der Waals surface area contributed by atoms with Gasteiger partial charge in [-0.3, -0.25) is 0 Å². The zero-order chi connectivity index (χ0) is 20.5. The van der Waals surface area contributed by atoms with E-state index >= 15 is 0 Å². The summed E-state index contributed by atoms with van der Waals surface area (Å²) in [6.45, 7) is 2.87. The number of aromatic nitrogens is 1. The first-order valence-corrected chi connectivity index (χ1v) is 8.98. The van der Waals surface area contributed by atoms with Crippen LogP contribution in [0.5, 0.6) is 0 Å². The van der Waals surface area contributed by atoms with E-state index in [1.165, 1.54) is 5.56 Å². The summed E-state index contributed by atoms with van der Waals surface area (Å²) < 4.78 is 61.0. The summed E-state index contributed by atoms with van der Waals surface area (Å²) in [6.07, 6.45) is 8.03. The van der Waals surface area contributed by atoms with Crippen molar-refractivity contribution in [2.24, 2.45) is 0 Å². The van der Waals surface area contributed by atoms with E-state index in [0.29, 0.717) is 6.42 Å². The molecule has 2 rings (SSSR count). The highest BCUT2D eigenvalue weighted by Crippen LogP contribution is 2.20. The lowest BCUT2D eigenvalue weighted by molar-refractivity contribution is -0.698. The number of hydrogen-bond donors (Lipinski definition) is 0. The Morgan fingerprint density at radius 1 is 1.11 bits per heavy atom. The lowest BCUT2D eigenvalue weighted by Crippen LogP contribution is -2.36. The number of halogens is 3. The molecule has 0 aliphatic carbocycles. The van der Waals surface area contributed by atoms with Crippen molar-refractivity contribution >= 4 is 10.1 Å². The van der Waals surface area contributed by atoms with Crippen molar-refractivity contribution in [1.29, 1.82) is 0 Å². The number of aryl methyl sites for hydroxylation is 2. The van der Waals surface area contributed by atoms with E-state index in [2.05, 4.69) is 41.4 Å². The number of nitrogens with zero attached hydrogens (tertiary/aromatic N) is 1. The molecule has 1 aromatic carbocycles. The molecule has 1 aromatic heterocycles. The van der Waals surface area contributed by atoms with Gasteiger partial charge in [-0.2, -0.15) is 17.7 Å². The summed E-state index contributed by atoms with van der Waals surface area (Å²) >= 11 is 0. The molecule has 0 spiro atoms. The molecule has 0 N–H and O–H groups in total. The van der Waals surface area contributed by atoms with Gasteiger partial charge in [-0.25, -0.2) is 8.42 Å². The second-order valence-corrected chi connectivity index (χ2v) is 6.62. The third-order valence-electron chi connectivity index (χ3n) is 3.11. The monoisotopic (exact) mass is 395 g/mol. The SMILES string of the molecule is C#CCC[n+]1ccccc1C#Cc1ccc(C)cc1.O=S(=O)([O-])C(F)(F)F. The Kier molecular flexibility index (Phi) is 8.04. The van der Waals surface area contributed by atoms with Crippen LogP contribution in [0.3, 0.4) is 0 Å². The first-order valence-electron chi connectivity index (χ1n) is 7.57. The predicted molar refractivity (Wildman–Crippen MR) is 93.0 cm³/mol. The second-order valence-electron chi connectivity index (χ2n) is 5.25. The molecular formula is C19H16F3NO3S. The van der Waals surface area contributed by atoms with Crippen LogP contribution < -0.4 is 4.57 Å². The molecule has 1 heterocycles. The van der Waals surface area contributed by atoms with E-state index < -0.39 is 15.6 Å². The van der Waals surface area contributed by atoms with Crippen molar-refractivity contribution < 1.29 is 30.7 Å². The maximum atomic E-state index is 10.7. The fraction of sp³-hybridized carbons (Fsp3) is 0.211. The van der Waals surface area contributed by atoms with Gasteiger partial charge in [0.15, 0.2) is 22.9 Å². The van der Waals surface area contributed by atoms with Crippen molar-refractivity contribution in [2.45, 2.75) is 25.4 Å². The zero-order valence-electron chi connectivity index (χ0n) is 14.3. The molecule has 27 heavy (non-hydrogen) atoms. The molecule has 4 nitrogen and oxygen atoms in total. The molecule has 0 saturated carbocycles. The van der Waals surface area contributed by atoms with Gasteiger partial charge in [0.2, 0.25) is 0 Å². The molecule has 142 valence electrons. The Hall–Kier alpha value is -2.81. The second kappa shape index (κ2) is 9.77. The quantitative estimate of drug-likeness (QED) is 0.340. The maximum absolute atomic E-state index is 10.7. The minimum Gasteiger partial charge on any atom is -0.741 e. The number of hydrogen-bond acceptors (Lipinski definition) is 3. The topological polar surface area (TPSA) is 61.1 Å². The Labute approximate surface area is 156 Å². The van der Waals surface area contributed by atoms with Crippen molar-refractivity contribution in [3.05, 3.63) is 65.5 Å². The van der Waals surface area contributed by atoms with Gasteiger partial charge in [0.05, 0.1) is 6.42 Å². The fourth-order valence-corrected chi connectivity index (χ4v) is 1.74. The molecule has 0 aliphatic heterocycles. The average molecular weight is 395 g/mol. The number of rotatable bonds is 2. The number of terminal acetylenes is 1. The molecule has 0 amide bonds. The fourth-order valence-electron chi connectivity index (χ4n) is 1.74. The molecule has 0 bridgehead atoms. The van der Waals surface area contributed by atoms with Crippen LogP contribution in [0.25, 0.3) is 0 Å². The maximum Gasteiger partial charge on any atom is 0.485 e. The van der Waals surface area contributed by atoms with Crippen LogP contribution >= 0.6 is 0 Å². The van der Waals surface area contributed by atoms with Gasteiger partial charge in [0.25, 0.3) is 5.69 Å². The van der Waals surface area contributed by atoms with Gasteiger partial charge >= 0.3 is 5.51 Å². The van der Waals surface area contributed by atoms with Crippen molar-refractivity contribution in [2.75, 3.05) is 0 Å². The van der Waals surface area contributed by atoms with E-state index in [1.54, 1.807) is 0 Å². The number of benzene rings is 1. The molecule has 0 saturated heterocycles. The first-order chi connectivity index (χ1) is 12.5. The van der Waals surface area contributed by atoms with Gasteiger partial charge in [0, 0.05) is 23.6 Å². The largest absolute Gasteiger partial charge is 0.741 e. The predicted octanol–water partition coefficient (Wildman–Crippen LogP) is 2.76. The van der Waals surface area contributed by atoms with Gasteiger partial charge < -0.3 is 4.55 Å². The molecule has 8 heteroatoms. The third-order valence-corrected chi connectivity index (χ3v) is 3.67. The first kappa shape index (κ1) is 22.2. The lowest BCUT2D eigenvalue weighted by Gasteiger charge is -2.08. The summed E-state index contributed by atoms with van der Waals surface area (Å²) in [5, 5.41) is 0. The molecule has 0 radical (unpaired) electrons. The Morgan fingerprint density at radius 3 is 2.22 bits per heavy atom. The van der Waals surface area contributed by atoms with Gasteiger partial charge in [0.1, 0.15) is 0 Å². The van der Waals surface area contributed by atoms with Crippen LogP contribution in [0.1, 0.15) is 23.2 Å². The molecular weight excluding hydrogens is 379 g/mol. The minimum absolute atomic E-state index is 0.716. The molecule has 2 aromatic rings. The Bertz CT molecular complexity index is 964. The Morgan fingerprint density at radius 2 is 1.70 bits per heavy atom. The number of alkyl halides is 3. The standard InChI is InChI=1S/C18H16N.CHF3O3S/c1-3-4-14-19-15-6-5-7-18(19)13-12-17-10-8-16(2)9-11-17;2-1(3,4)8(5,6)7/h1,5-11,15H,4,14H2,2H3;(H,5,6,7)/q+1;/p-1.